The van der Waals surface area contributed by atoms with E-state index in [1.807, 2.05) is 32.2 Å². The lowest BCUT2D eigenvalue weighted by molar-refractivity contribution is 0.238. The lowest BCUT2D eigenvalue weighted by Gasteiger charge is -2.24. The van der Waals surface area contributed by atoms with Crippen molar-refractivity contribution in [1.82, 2.24) is 25.4 Å². The number of urea groups is 1. The van der Waals surface area contributed by atoms with Gasteiger partial charge in [0.2, 0.25) is 0 Å². The molecule has 22 heavy (non-hydrogen) atoms. The van der Waals surface area contributed by atoms with E-state index in [4.69, 9.17) is 0 Å². The molecule has 0 fully saturated rings. The third-order valence-corrected chi connectivity index (χ3v) is 6.68. The summed E-state index contributed by atoms with van der Waals surface area (Å²) in [6, 6.07) is 10.0. The summed E-state index contributed by atoms with van der Waals surface area (Å²) < 4.78 is 1.80. The molecule has 0 radical (unpaired) electrons. The molecule has 2 amide bonds. The van der Waals surface area contributed by atoms with Gasteiger partial charge < -0.3 is 15.2 Å². The highest BCUT2D eigenvalue weighted by atomic mass is 28.3. The largest absolute Gasteiger partial charge is 0.341 e. The molecule has 2 aromatic rings. The Balaban J connectivity index is 1.89. The van der Waals surface area contributed by atoms with E-state index in [2.05, 4.69) is 46.1 Å². The van der Waals surface area contributed by atoms with Gasteiger partial charge in [-0.05, 0) is 6.92 Å². The number of carbonyl (C=O) groups excluding carboxylic acids is 1. The maximum absolute atomic E-state index is 12.1. The van der Waals surface area contributed by atoms with Crippen molar-refractivity contribution in [2.75, 3.05) is 6.17 Å². The van der Waals surface area contributed by atoms with Crippen molar-refractivity contribution in [1.29, 1.82) is 0 Å². The second-order valence-corrected chi connectivity index (χ2v) is 10.8. The monoisotopic (exact) mass is 317 g/mol. The van der Waals surface area contributed by atoms with Gasteiger partial charge in [0.25, 0.3) is 0 Å². The van der Waals surface area contributed by atoms with E-state index < -0.39 is 8.07 Å². The van der Waals surface area contributed by atoms with E-state index in [9.17, 15) is 4.79 Å². The Morgan fingerprint density at radius 2 is 2.00 bits per heavy atom. The molecular formula is C15H23N5OSi. The van der Waals surface area contributed by atoms with Crippen LogP contribution >= 0.6 is 0 Å². The number of nitrogens with zero attached hydrogens (tertiary/aromatic N) is 3. The van der Waals surface area contributed by atoms with Crippen LogP contribution in [0.5, 0.6) is 0 Å². The zero-order valence-corrected chi connectivity index (χ0v) is 14.5. The van der Waals surface area contributed by atoms with Crippen LogP contribution in [0.1, 0.15) is 18.8 Å². The number of hydrogen-bond acceptors (Lipinski definition) is 3. The summed E-state index contributed by atoms with van der Waals surface area (Å²) in [6.45, 7) is 6.38. The topological polar surface area (TPSA) is 71.8 Å². The van der Waals surface area contributed by atoms with Gasteiger partial charge in [0.15, 0.2) is 5.82 Å². The van der Waals surface area contributed by atoms with Crippen molar-refractivity contribution >= 4 is 19.3 Å². The minimum absolute atomic E-state index is 0.174. The minimum atomic E-state index is -1.68. The van der Waals surface area contributed by atoms with Gasteiger partial charge in [0.1, 0.15) is 14.4 Å². The van der Waals surface area contributed by atoms with Crippen LogP contribution < -0.4 is 15.8 Å². The molecule has 0 unspecified atom stereocenters. The first-order chi connectivity index (χ1) is 10.4. The normalized spacial score (nSPS) is 12.7. The molecule has 118 valence electrons. The molecule has 0 saturated carbocycles. The van der Waals surface area contributed by atoms with Crippen molar-refractivity contribution in [3.05, 3.63) is 42.5 Å². The lowest BCUT2D eigenvalue weighted by atomic mass is 10.3. The highest BCUT2D eigenvalue weighted by Gasteiger charge is 2.24. The Morgan fingerprint density at radius 1 is 1.32 bits per heavy atom. The van der Waals surface area contributed by atoms with Gasteiger partial charge in [0.05, 0.1) is 6.04 Å². The predicted octanol–water partition coefficient (Wildman–Crippen LogP) is 1.33. The van der Waals surface area contributed by atoms with Crippen LogP contribution in [-0.2, 0) is 7.05 Å². The highest BCUT2D eigenvalue weighted by Crippen LogP contribution is 2.07. The summed E-state index contributed by atoms with van der Waals surface area (Å²) >= 11 is 0. The SMILES string of the molecule is C[C@@H](NC(=O)NC[Si](C)(C)c1ccccc1)c1nncn1C. The molecule has 1 atom stereocenters. The minimum Gasteiger partial charge on any atom is -0.341 e. The average molecular weight is 317 g/mol. The van der Waals surface area contributed by atoms with E-state index in [1.165, 1.54) is 5.19 Å². The van der Waals surface area contributed by atoms with Crippen LogP contribution in [0.4, 0.5) is 4.79 Å². The lowest BCUT2D eigenvalue weighted by Crippen LogP contribution is -2.53. The number of carbonyl (C=O) groups is 1. The van der Waals surface area contributed by atoms with Crippen molar-refractivity contribution in [3.63, 3.8) is 0 Å². The molecule has 0 aliphatic carbocycles. The van der Waals surface area contributed by atoms with Crippen LogP contribution in [0.15, 0.2) is 36.7 Å². The van der Waals surface area contributed by atoms with Gasteiger partial charge >= 0.3 is 6.03 Å². The van der Waals surface area contributed by atoms with E-state index >= 15 is 0 Å². The number of aromatic nitrogens is 3. The summed E-state index contributed by atoms with van der Waals surface area (Å²) in [5.74, 6) is 0.731. The zero-order chi connectivity index (χ0) is 16.2. The van der Waals surface area contributed by atoms with Gasteiger partial charge in [-0.1, -0.05) is 48.6 Å². The fraction of sp³-hybridized carbons (Fsp3) is 0.400. The highest BCUT2D eigenvalue weighted by molar-refractivity contribution is 6.90. The fourth-order valence-electron chi connectivity index (χ4n) is 2.29. The van der Waals surface area contributed by atoms with Gasteiger partial charge in [-0.2, -0.15) is 0 Å². The Bertz CT molecular complexity index is 626. The number of rotatable bonds is 5. The first-order valence-corrected chi connectivity index (χ1v) is 10.5. The molecule has 2 N–H and O–H groups in total. The molecule has 0 spiro atoms. The number of hydrogen-bond donors (Lipinski definition) is 2. The smallest absolute Gasteiger partial charge is 0.315 e. The Hall–Kier alpha value is -2.15. The van der Waals surface area contributed by atoms with Gasteiger partial charge in [-0.15, -0.1) is 10.2 Å². The Morgan fingerprint density at radius 3 is 2.59 bits per heavy atom. The third kappa shape index (κ3) is 3.94. The van der Waals surface area contributed by atoms with Gasteiger partial charge in [-0.3, -0.25) is 0 Å². The molecule has 0 aliphatic rings. The van der Waals surface area contributed by atoms with Crippen molar-refractivity contribution in [2.24, 2.45) is 7.05 Å². The molecule has 7 heteroatoms. The van der Waals surface area contributed by atoms with Crippen LogP contribution in [0, 0.1) is 0 Å². The molecule has 6 nitrogen and oxygen atoms in total. The van der Waals surface area contributed by atoms with Crippen LogP contribution in [0.25, 0.3) is 0 Å². The maximum Gasteiger partial charge on any atom is 0.315 e. The van der Waals surface area contributed by atoms with Gasteiger partial charge in [0, 0.05) is 13.2 Å². The summed E-state index contributed by atoms with van der Waals surface area (Å²) in [4.78, 5) is 12.1. The molecule has 0 aliphatic heterocycles. The van der Waals surface area contributed by atoms with E-state index in [0.717, 1.165) is 5.82 Å². The zero-order valence-electron chi connectivity index (χ0n) is 13.5. The second kappa shape index (κ2) is 6.74. The molecule has 1 aromatic carbocycles. The number of nitrogens with one attached hydrogen (secondary N) is 2. The molecule has 2 rings (SSSR count). The summed E-state index contributed by atoms with van der Waals surface area (Å²) in [7, 11) is 0.182. The van der Waals surface area contributed by atoms with E-state index in [0.29, 0.717) is 6.17 Å². The van der Waals surface area contributed by atoms with Crippen molar-refractivity contribution in [3.8, 4) is 0 Å². The quantitative estimate of drug-likeness (QED) is 0.817. The molecule has 1 aromatic heterocycles. The molecular weight excluding hydrogens is 294 g/mol. The number of aryl methyl sites for hydroxylation is 1. The van der Waals surface area contributed by atoms with E-state index in [1.54, 1.807) is 10.9 Å². The number of amides is 2. The summed E-state index contributed by atoms with van der Waals surface area (Å²) in [5, 5.41) is 15.0. The Labute approximate surface area is 132 Å². The van der Waals surface area contributed by atoms with Gasteiger partial charge in [-0.25, -0.2) is 4.79 Å². The first kappa shape index (κ1) is 16.2. The summed E-state index contributed by atoms with van der Waals surface area (Å²) in [6.07, 6.45) is 2.31. The first-order valence-electron chi connectivity index (χ1n) is 7.34. The second-order valence-electron chi connectivity index (χ2n) is 6.10. The molecule has 0 bridgehead atoms. The summed E-state index contributed by atoms with van der Waals surface area (Å²) in [5.41, 5.74) is 0. The van der Waals surface area contributed by atoms with Crippen molar-refractivity contribution in [2.45, 2.75) is 26.1 Å². The number of benzene rings is 1. The van der Waals surface area contributed by atoms with Crippen LogP contribution in [-0.4, -0.2) is 35.0 Å². The molecule has 0 saturated heterocycles. The van der Waals surface area contributed by atoms with Crippen LogP contribution in [0.3, 0.4) is 0 Å². The standard InChI is InChI=1S/C15H23N5OSi/c1-12(14-19-17-10-20(14)2)18-15(21)16-11-22(3,4)13-8-6-5-7-9-13/h5-10,12H,11H2,1-4H3,(H2,16,18,21)/t12-/m1/s1. The van der Waals surface area contributed by atoms with Crippen molar-refractivity contribution < 1.29 is 4.79 Å². The predicted molar refractivity (Wildman–Crippen MR) is 89.5 cm³/mol. The fourth-order valence-corrected chi connectivity index (χ4v) is 4.19. The molecule has 1 heterocycles. The van der Waals surface area contributed by atoms with Crippen LogP contribution in [0.2, 0.25) is 13.1 Å². The maximum atomic E-state index is 12.1. The third-order valence-electron chi connectivity index (χ3n) is 3.73. The Kier molecular flexibility index (Phi) is 4.97. The van der Waals surface area contributed by atoms with E-state index in [-0.39, 0.29) is 12.1 Å². The average Bonchev–Trinajstić information content (AvgIpc) is 2.92.